The standard InChI is InChI=1S/C34H42F2N2O4/c1-22(20-25-15-17-34(18-16-25,33(40)42-5)27-11-7-6-8-12-27)10-9-19-38-24(3)37-23(2)30(32(39)41-4)31(38)26-13-14-28(35)29(36)21-26/h6-8,11-14,21-22,25,31H,9-10,15-20H2,1-5H3/t22-,25?,31?,34?/m0/s1. The molecule has 1 aliphatic heterocycles. The molecule has 6 nitrogen and oxygen atoms in total. The van der Waals surface area contributed by atoms with E-state index >= 15 is 0 Å². The van der Waals surface area contributed by atoms with Crippen molar-refractivity contribution in [1.82, 2.24) is 4.90 Å². The zero-order valence-electron chi connectivity index (χ0n) is 25.3. The molecule has 0 saturated heterocycles. The van der Waals surface area contributed by atoms with Crippen molar-refractivity contribution < 1.29 is 27.8 Å². The molecule has 0 spiro atoms. The van der Waals surface area contributed by atoms with Gasteiger partial charge >= 0.3 is 11.9 Å². The van der Waals surface area contributed by atoms with Gasteiger partial charge in [0.15, 0.2) is 11.6 Å². The molecule has 2 aromatic rings. The maximum absolute atomic E-state index is 14.3. The smallest absolute Gasteiger partial charge is 0.338 e. The third-order valence-electron chi connectivity index (χ3n) is 9.08. The van der Waals surface area contributed by atoms with E-state index in [1.165, 1.54) is 20.3 Å². The van der Waals surface area contributed by atoms with E-state index < -0.39 is 29.1 Å². The second-order valence-corrected chi connectivity index (χ2v) is 11.8. The number of esters is 2. The number of carbonyl (C=O) groups excluding carboxylic acids is 2. The molecule has 0 amide bonds. The number of ether oxygens (including phenoxy) is 2. The lowest BCUT2D eigenvalue weighted by Gasteiger charge is -2.39. The first kappa shape index (κ1) is 31.4. The number of allylic oxidation sites excluding steroid dienone is 1. The first-order chi connectivity index (χ1) is 20.1. The van der Waals surface area contributed by atoms with Crippen LogP contribution in [0.4, 0.5) is 8.78 Å². The summed E-state index contributed by atoms with van der Waals surface area (Å²) in [5.74, 6) is -0.868. The largest absolute Gasteiger partial charge is 0.468 e. The SMILES string of the molecule is COC(=O)C1=C(C)N=C(C)N(CCC[C@H](C)CC2CCC(C(=O)OC)(c3ccccc3)CC2)C1c1ccc(F)c(F)c1. The lowest BCUT2D eigenvalue weighted by molar-refractivity contribution is -0.149. The maximum Gasteiger partial charge on any atom is 0.338 e. The molecule has 1 aliphatic carbocycles. The van der Waals surface area contributed by atoms with Crippen LogP contribution in [0.5, 0.6) is 0 Å². The van der Waals surface area contributed by atoms with E-state index in [-0.39, 0.29) is 5.97 Å². The van der Waals surface area contributed by atoms with Crippen molar-refractivity contribution in [1.29, 1.82) is 0 Å². The van der Waals surface area contributed by atoms with Gasteiger partial charge in [0.1, 0.15) is 5.84 Å². The van der Waals surface area contributed by atoms with E-state index in [1.807, 2.05) is 42.2 Å². The number of carbonyl (C=O) groups is 2. The Hall–Kier alpha value is -3.55. The minimum Gasteiger partial charge on any atom is -0.468 e. The number of methoxy groups -OCH3 is 2. The highest BCUT2D eigenvalue weighted by Crippen LogP contribution is 2.44. The number of nitrogens with zero attached hydrogens (tertiary/aromatic N) is 2. The van der Waals surface area contributed by atoms with Crippen molar-refractivity contribution >= 4 is 17.8 Å². The zero-order chi connectivity index (χ0) is 30.4. The molecule has 1 fully saturated rings. The second kappa shape index (κ2) is 13.6. The Morgan fingerprint density at radius 1 is 1.02 bits per heavy atom. The number of amidine groups is 1. The van der Waals surface area contributed by atoms with E-state index in [9.17, 15) is 18.4 Å². The monoisotopic (exact) mass is 580 g/mol. The predicted octanol–water partition coefficient (Wildman–Crippen LogP) is 7.29. The summed E-state index contributed by atoms with van der Waals surface area (Å²) in [6, 6.07) is 13.1. The molecule has 226 valence electrons. The summed E-state index contributed by atoms with van der Waals surface area (Å²) in [5, 5.41) is 0. The summed E-state index contributed by atoms with van der Waals surface area (Å²) < 4.78 is 38.3. The van der Waals surface area contributed by atoms with Gasteiger partial charge in [-0.2, -0.15) is 0 Å². The molecular formula is C34H42F2N2O4. The van der Waals surface area contributed by atoms with E-state index in [0.717, 1.165) is 68.5 Å². The van der Waals surface area contributed by atoms with Crippen LogP contribution in [0.25, 0.3) is 0 Å². The first-order valence-electron chi connectivity index (χ1n) is 14.8. The molecule has 0 radical (unpaired) electrons. The third-order valence-corrected chi connectivity index (χ3v) is 9.08. The number of hydrogen-bond donors (Lipinski definition) is 0. The van der Waals surface area contributed by atoms with E-state index in [4.69, 9.17) is 9.47 Å². The van der Waals surface area contributed by atoms with Crippen LogP contribution >= 0.6 is 0 Å². The Bertz CT molecular complexity index is 1330. The van der Waals surface area contributed by atoms with Crippen LogP contribution in [-0.4, -0.2) is 43.4 Å². The van der Waals surface area contributed by atoms with Crippen molar-refractivity contribution in [3.8, 4) is 0 Å². The fourth-order valence-electron chi connectivity index (χ4n) is 6.86. The third kappa shape index (κ3) is 6.58. The lowest BCUT2D eigenvalue weighted by Crippen LogP contribution is -2.41. The van der Waals surface area contributed by atoms with Gasteiger partial charge in [0, 0.05) is 6.54 Å². The van der Waals surface area contributed by atoms with Crippen molar-refractivity contribution in [3.05, 3.63) is 82.6 Å². The highest BCUT2D eigenvalue weighted by atomic mass is 19.2. The Morgan fingerprint density at radius 2 is 1.71 bits per heavy atom. The van der Waals surface area contributed by atoms with Crippen LogP contribution < -0.4 is 0 Å². The van der Waals surface area contributed by atoms with Crippen molar-refractivity contribution in [3.63, 3.8) is 0 Å². The fourth-order valence-corrected chi connectivity index (χ4v) is 6.86. The average Bonchev–Trinajstić information content (AvgIpc) is 2.99. The number of halogens is 2. The van der Waals surface area contributed by atoms with Gasteiger partial charge in [-0.3, -0.25) is 4.79 Å². The fraction of sp³-hybridized carbons (Fsp3) is 0.500. The molecule has 0 aromatic heterocycles. The predicted molar refractivity (Wildman–Crippen MR) is 159 cm³/mol. The molecule has 0 N–H and O–H groups in total. The van der Waals surface area contributed by atoms with Crippen LogP contribution in [0.2, 0.25) is 0 Å². The first-order valence-corrected chi connectivity index (χ1v) is 14.8. The average molecular weight is 581 g/mol. The topological polar surface area (TPSA) is 68.2 Å². The highest BCUT2D eigenvalue weighted by molar-refractivity contribution is 5.95. The number of benzene rings is 2. The molecule has 42 heavy (non-hydrogen) atoms. The van der Waals surface area contributed by atoms with Gasteiger partial charge in [0.25, 0.3) is 0 Å². The summed E-state index contributed by atoms with van der Waals surface area (Å²) in [7, 11) is 2.78. The Morgan fingerprint density at radius 3 is 2.33 bits per heavy atom. The quantitative estimate of drug-likeness (QED) is 0.276. The van der Waals surface area contributed by atoms with Gasteiger partial charge < -0.3 is 14.4 Å². The number of hydrogen-bond acceptors (Lipinski definition) is 6. The molecule has 2 aliphatic rings. The van der Waals surface area contributed by atoms with Gasteiger partial charge in [-0.15, -0.1) is 0 Å². The molecule has 0 bridgehead atoms. The minimum absolute atomic E-state index is 0.148. The van der Waals surface area contributed by atoms with Gasteiger partial charge in [0.05, 0.1) is 36.9 Å². The van der Waals surface area contributed by atoms with Gasteiger partial charge in [-0.25, -0.2) is 18.6 Å². The van der Waals surface area contributed by atoms with Crippen LogP contribution in [0.3, 0.4) is 0 Å². The van der Waals surface area contributed by atoms with Gasteiger partial charge in [-0.1, -0.05) is 43.3 Å². The molecule has 1 unspecified atom stereocenters. The molecule has 8 heteroatoms. The molecule has 1 saturated carbocycles. The van der Waals surface area contributed by atoms with Crippen molar-refractivity contribution in [2.45, 2.75) is 77.2 Å². The van der Waals surface area contributed by atoms with E-state index in [1.54, 1.807) is 6.92 Å². The van der Waals surface area contributed by atoms with E-state index in [0.29, 0.717) is 35.2 Å². The van der Waals surface area contributed by atoms with Crippen molar-refractivity contribution in [2.75, 3.05) is 20.8 Å². The van der Waals surface area contributed by atoms with Gasteiger partial charge in [-0.05, 0) is 93.9 Å². The van der Waals surface area contributed by atoms with Crippen LogP contribution in [0, 0.1) is 23.5 Å². The summed E-state index contributed by atoms with van der Waals surface area (Å²) in [5.41, 5.74) is 1.78. The Labute approximate surface area is 247 Å². The number of aliphatic imine (C=N–C) groups is 1. The van der Waals surface area contributed by atoms with E-state index in [2.05, 4.69) is 11.9 Å². The van der Waals surface area contributed by atoms with Crippen LogP contribution in [0.15, 0.2) is 64.8 Å². The summed E-state index contributed by atoms with van der Waals surface area (Å²) in [6.45, 7) is 6.46. The summed E-state index contributed by atoms with van der Waals surface area (Å²) in [4.78, 5) is 32.3. The highest BCUT2D eigenvalue weighted by Gasteiger charge is 2.44. The lowest BCUT2D eigenvalue weighted by atomic mass is 9.65. The second-order valence-electron chi connectivity index (χ2n) is 11.8. The number of rotatable bonds is 10. The van der Waals surface area contributed by atoms with Crippen molar-refractivity contribution in [2.24, 2.45) is 16.8 Å². The normalized spacial score (nSPS) is 23.3. The summed E-state index contributed by atoms with van der Waals surface area (Å²) >= 11 is 0. The molecule has 2 aromatic carbocycles. The zero-order valence-corrected chi connectivity index (χ0v) is 25.3. The molecule has 1 heterocycles. The Kier molecular flexibility index (Phi) is 10.2. The maximum atomic E-state index is 14.3. The van der Waals surface area contributed by atoms with Crippen LogP contribution in [0.1, 0.15) is 82.9 Å². The van der Waals surface area contributed by atoms with Gasteiger partial charge in [0.2, 0.25) is 0 Å². The Balaban J connectivity index is 1.40. The molecular weight excluding hydrogens is 538 g/mol. The van der Waals surface area contributed by atoms with Crippen LogP contribution in [-0.2, 0) is 24.5 Å². The molecule has 4 rings (SSSR count). The summed E-state index contributed by atoms with van der Waals surface area (Å²) in [6.07, 6.45) is 6.36. The molecule has 2 atom stereocenters. The minimum atomic E-state index is -0.959.